The van der Waals surface area contributed by atoms with E-state index in [2.05, 4.69) is 13.8 Å². The summed E-state index contributed by atoms with van der Waals surface area (Å²) < 4.78 is 17.0. The molecule has 1 aliphatic rings. The number of ketones is 1. The van der Waals surface area contributed by atoms with Crippen molar-refractivity contribution in [3.8, 4) is 11.5 Å². The van der Waals surface area contributed by atoms with Gasteiger partial charge in [0.1, 0.15) is 42.1 Å². The summed E-state index contributed by atoms with van der Waals surface area (Å²) in [6.45, 7) is 6.50. The molecule has 0 fully saturated rings. The van der Waals surface area contributed by atoms with Crippen molar-refractivity contribution in [3.05, 3.63) is 29.3 Å². The number of benzene rings is 1. The summed E-state index contributed by atoms with van der Waals surface area (Å²) in [5, 5.41) is 12.3. The quantitative estimate of drug-likeness (QED) is 0.623. The van der Waals surface area contributed by atoms with E-state index in [-0.39, 0.29) is 18.5 Å². The van der Waals surface area contributed by atoms with Gasteiger partial charge in [0.15, 0.2) is 0 Å². The molecule has 1 aromatic carbocycles. The number of aliphatic hydroxyl groups is 1. The molecule has 32 heavy (non-hydrogen) atoms. The molecule has 178 valence electrons. The van der Waals surface area contributed by atoms with Crippen molar-refractivity contribution in [1.29, 1.82) is 0 Å². The third-order valence-electron chi connectivity index (χ3n) is 5.36. The number of esters is 1. The first-order chi connectivity index (χ1) is 15.3. The zero-order valence-corrected chi connectivity index (χ0v) is 19.8. The van der Waals surface area contributed by atoms with Gasteiger partial charge in [-0.25, -0.2) is 4.79 Å². The maximum atomic E-state index is 13.1. The van der Waals surface area contributed by atoms with Crippen LogP contribution in [0.15, 0.2) is 18.2 Å². The Labute approximate surface area is 191 Å². The molecule has 7 nitrogen and oxygen atoms in total. The molecule has 0 bridgehead atoms. The Kier molecular flexibility index (Phi) is 10.7. The minimum absolute atomic E-state index is 0.0531. The lowest BCUT2D eigenvalue weighted by Crippen LogP contribution is -2.90. The van der Waals surface area contributed by atoms with E-state index in [1.165, 1.54) is 0 Å². The standard InChI is InChI=1S/C25H37NO6/c1-17(2)26-15-21(28)16-31-23-14-22(30-4)13-19-10-6-5-7-11-20(27)12-8-9-18(3)32-25(29)24(19)23/h6,10,13-14,17-18,21,26,28H,5,7-9,11-12,15-16H2,1-4H3/p+1. The van der Waals surface area contributed by atoms with E-state index < -0.39 is 12.1 Å². The van der Waals surface area contributed by atoms with E-state index in [0.717, 1.165) is 12.8 Å². The number of methoxy groups -OCH3 is 1. The summed E-state index contributed by atoms with van der Waals surface area (Å²) in [5.41, 5.74) is 0.949. The molecule has 3 N–H and O–H groups in total. The Morgan fingerprint density at radius 3 is 2.69 bits per heavy atom. The van der Waals surface area contributed by atoms with E-state index >= 15 is 0 Å². The van der Waals surface area contributed by atoms with Gasteiger partial charge in [0.05, 0.1) is 19.3 Å². The smallest absolute Gasteiger partial charge is 0.342 e. The van der Waals surface area contributed by atoms with Gasteiger partial charge in [0.25, 0.3) is 0 Å². The number of allylic oxidation sites excluding steroid dienone is 1. The molecule has 0 aliphatic carbocycles. The number of fused-ring (bicyclic) bond motifs is 1. The van der Waals surface area contributed by atoms with Crippen molar-refractivity contribution in [1.82, 2.24) is 0 Å². The topological polar surface area (TPSA) is 98.7 Å². The molecule has 2 rings (SSSR count). The van der Waals surface area contributed by atoms with Crippen molar-refractivity contribution in [2.24, 2.45) is 0 Å². The number of Topliss-reactive ketones (excluding diaryl/α,β-unsaturated/α-hetero) is 1. The highest BCUT2D eigenvalue weighted by molar-refractivity contribution is 5.97. The van der Waals surface area contributed by atoms with Crippen LogP contribution in [0.4, 0.5) is 0 Å². The van der Waals surface area contributed by atoms with Crippen LogP contribution in [0.3, 0.4) is 0 Å². The largest absolute Gasteiger partial charge is 0.497 e. The Bertz CT molecular complexity index is 789. The zero-order valence-electron chi connectivity index (χ0n) is 19.8. The maximum Gasteiger partial charge on any atom is 0.342 e. The van der Waals surface area contributed by atoms with Gasteiger partial charge in [-0.3, -0.25) is 4.79 Å². The first-order valence-corrected chi connectivity index (χ1v) is 11.6. The molecule has 0 spiro atoms. The number of carbonyl (C=O) groups is 2. The molecule has 2 atom stereocenters. The monoisotopic (exact) mass is 448 g/mol. The van der Waals surface area contributed by atoms with Crippen LogP contribution >= 0.6 is 0 Å². The van der Waals surface area contributed by atoms with Gasteiger partial charge in [-0.05, 0) is 58.1 Å². The average Bonchev–Trinajstić information content (AvgIpc) is 2.74. The summed E-state index contributed by atoms with van der Waals surface area (Å²) >= 11 is 0. The minimum atomic E-state index is -0.680. The first-order valence-electron chi connectivity index (χ1n) is 11.6. The molecular weight excluding hydrogens is 410 g/mol. The number of cyclic esters (lactones) is 1. The maximum absolute atomic E-state index is 13.1. The molecular formula is C25H38NO6+. The number of rotatable bonds is 7. The van der Waals surface area contributed by atoms with E-state index in [1.54, 1.807) is 19.2 Å². The Morgan fingerprint density at radius 2 is 1.97 bits per heavy atom. The number of carbonyl (C=O) groups excluding carboxylic acids is 2. The van der Waals surface area contributed by atoms with Crippen molar-refractivity contribution in [3.63, 3.8) is 0 Å². The average molecular weight is 449 g/mol. The Balaban J connectivity index is 2.33. The minimum Gasteiger partial charge on any atom is -0.497 e. The third kappa shape index (κ3) is 8.63. The lowest BCUT2D eigenvalue weighted by atomic mass is 10.0. The third-order valence-corrected chi connectivity index (χ3v) is 5.36. The Hall–Kier alpha value is -2.38. The van der Waals surface area contributed by atoms with Gasteiger partial charge in [-0.2, -0.15) is 0 Å². The highest BCUT2D eigenvalue weighted by atomic mass is 16.5. The summed E-state index contributed by atoms with van der Waals surface area (Å²) in [6, 6.07) is 3.79. The molecule has 0 amide bonds. The number of aliphatic hydroxyl groups excluding tert-OH is 1. The lowest BCUT2D eigenvalue weighted by molar-refractivity contribution is -0.688. The molecule has 2 unspecified atom stereocenters. The van der Waals surface area contributed by atoms with Crippen LogP contribution in [-0.4, -0.2) is 55.4 Å². The number of ether oxygens (including phenoxy) is 3. The molecule has 0 radical (unpaired) electrons. The first kappa shape index (κ1) is 25.9. The van der Waals surface area contributed by atoms with E-state index in [0.29, 0.717) is 60.9 Å². The highest BCUT2D eigenvalue weighted by Gasteiger charge is 2.23. The highest BCUT2D eigenvalue weighted by Crippen LogP contribution is 2.32. The molecule has 0 saturated carbocycles. The second-order valence-electron chi connectivity index (χ2n) is 8.71. The van der Waals surface area contributed by atoms with Gasteiger partial charge in [-0.1, -0.05) is 12.2 Å². The van der Waals surface area contributed by atoms with Crippen molar-refractivity contribution >= 4 is 17.8 Å². The van der Waals surface area contributed by atoms with Gasteiger partial charge in [-0.15, -0.1) is 0 Å². The van der Waals surface area contributed by atoms with Gasteiger partial charge >= 0.3 is 5.97 Å². The SMILES string of the molecule is COc1cc2c(c(OCC(O)C[NH2+]C(C)C)c1)C(=O)OC(C)CCCC(=O)CCCC=C2. The van der Waals surface area contributed by atoms with E-state index in [9.17, 15) is 14.7 Å². The zero-order chi connectivity index (χ0) is 23.5. The second kappa shape index (κ2) is 13.2. The van der Waals surface area contributed by atoms with Crippen LogP contribution in [-0.2, 0) is 9.53 Å². The number of hydrogen-bond donors (Lipinski definition) is 2. The van der Waals surface area contributed by atoms with Crippen LogP contribution in [0.25, 0.3) is 6.08 Å². The van der Waals surface area contributed by atoms with Gasteiger partial charge < -0.3 is 24.6 Å². The summed E-state index contributed by atoms with van der Waals surface area (Å²) in [7, 11) is 1.55. The molecule has 0 aromatic heterocycles. The van der Waals surface area contributed by atoms with E-state index in [4.69, 9.17) is 14.2 Å². The lowest BCUT2D eigenvalue weighted by Gasteiger charge is -2.19. The molecule has 1 aromatic rings. The fourth-order valence-electron chi connectivity index (χ4n) is 3.52. The van der Waals surface area contributed by atoms with Crippen LogP contribution in [0.5, 0.6) is 11.5 Å². The fraction of sp³-hybridized carbons (Fsp3) is 0.600. The summed E-state index contributed by atoms with van der Waals surface area (Å²) in [4.78, 5) is 25.1. The predicted octanol–water partition coefficient (Wildman–Crippen LogP) is 2.89. The van der Waals surface area contributed by atoms with Gasteiger partial charge in [0, 0.05) is 18.9 Å². The van der Waals surface area contributed by atoms with Crippen molar-refractivity contribution in [2.45, 2.75) is 77.5 Å². The number of quaternary nitrogens is 1. The number of hydrogen-bond acceptors (Lipinski definition) is 6. The summed E-state index contributed by atoms with van der Waals surface area (Å²) in [6.07, 6.45) is 6.68. The predicted molar refractivity (Wildman–Crippen MR) is 123 cm³/mol. The normalized spacial score (nSPS) is 19.1. The van der Waals surface area contributed by atoms with Crippen molar-refractivity contribution < 1.29 is 34.2 Å². The molecule has 1 aliphatic heterocycles. The van der Waals surface area contributed by atoms with Crippen LogP contribution in [0, 0.1) is 0 Å². The van der Waals surface area contributed by atoms with Crippen molar-refractivity contribution in [2.75, 3.05) is 20.3 Å². The van der Waals surface area contributed by atoms with Crippen LogP contribution in [0.2, 0.25) is 0 Å². The van der Waals surface area contributed by atoms with Crippen LogP contribution < -0.4 is 14.8 Å². The molecule has 0 saturated heterocycles. The van der Waals surface area contributed by atoms with Crippen LogP contribution in [0.1, 0.15) is 75.2 Å². The Morgan fingerprint density at radius 1 is 1.22 bits per heavy atom. The number of nitrogens with two attached hydrogens (primary N) is 1. The fourth-order valence-corrected chi connectivity index (χ4v) is 3.52. The molecule has 7 heteroatoms. The molecule has 1 heterocycles. The van der Waals surface area contributed by atoms with Gasteiger partial charge in [0.2, 0.25) is 0 Å². The summed E-state index contributed by atoms with van der Waals surface area (Å²) in [5.74, 6) is 0.636. The second-order valence-corrected chi connectivity index (χ2v) is 8.71. The van der Waals surface area contributed by atoms with E-state index in [1.807, 2.05) is 24.4 Å².